The Kier molecular flexibility index (Phi) is 4.36. The summed E-state index contributed by atoms with van der Waals surface area (Å²) < 4.78 is 6.37. The highest BCUT2D eigenvalue weighted by Gasteiger charge is 2.16. The fraction of sp³-hybridized carbons (Fsp3) is 0.231. The quantitative estimate of drug-likeness (QED) is 0.658. The second kappa shape index (κ2) is 6.00. The van der Waals surface area contributed by atoms with Gasteiger partial charge in [-0.3, -0.25) is 5.84 Å². The zero-order valence-electron chi connectivity index (χ0n) is 9.40. The highest BCUT2D eigenvalue weighted by molar-refractivity contribution is 9.10. The van der Waals surface area contributed by atoms with Crippen molar-refractivity contribution in [1.82, 2.24) is 5.43 Å². The largest absolute Gasteiger partial charge is 0.466 e. The molecule has 0 saturated heterocycles. The van der Waals surface area contributed by atoms with Gasteiger partial charge in [-0.15, -0.1) is 0 Å². The van der Waals surface area contributed by atoms with E-state index in [1.54, 1.807) is 6.26 Å². The summed E-state index contributed by atoms with van der Waals surface area (Å²) in [6.45, 7) is 0. The van der Waals surface area contributed by atoms with E-state index in [1.165, 1.54) is 5.56 Å². The summed E-state index contributed by atoms with van der Waals surface area (Å²) >= 11 is 3.44. The molecule has 1 atom stereocenters. The van der Waals surface area contributed by atoms with Crippen molar-refractivity contribution >= 4 is 15.9 Å². The second-order valence-electron chi connectivity index (χ2n) is 3.88. The summed E-state index contributed by atoms with van der Waals surface area (Å²) in [6.07, 6.45) is 3.52. The molecule has 90 valence electrons. The Hall–Kier alpha value is -1.10. The van der Waals surface area contributed by atoms with Crippen LogP contribution in [-0.4, -0.2) is 0 Å². The van der Waals surface area contributed by atoms with Gasteiger partial charge in [0.15, 0.2) is 0 Å². The maximum Gasteiger partial charge on any atom is 0.136 e. The van der Waals surface area contributed by atoms with Crippen LogP contribution in [0.4, 0.5) is 0 Å². The van der Waals surface area contributed by atoms with Crippen molar-refractivity contribution in [2.24, 2.45) is 5.84 Å². The molecule has 0 spiro atoms. The Morgan fingerprint density at radius 2 is 2.00 bits per heavy atom. The van der Waals surface area contributed by atoms with Crippen LogP contribution in [0.5, 0.6) is 0 Å². The summed E-state index contributed by atoms with van der Waals surface area (Å²) in [5, 5.41) is 0. The normalized spacial score (nSPS) is 12.6. The van der Waals surface area contributed by atoms with E-state index in [0.717, 1.165) is 23.1 Å². The summed E-state index contributed by atoms with van der Waals surface area (Å²) in [4.78, 5) is 0. The van der Waals surface area contributed by atoms with Gasteiger partial charge in [0, 0.05) is 0 Å². The molecule has 0 fully saturated rings. The molecule has 1 aromatic heterocycles. The molecule has 3 N–H and O–H groups in total. The maximum atomic E-state index is 5.57. The first-order valence-electron chi connectivity index (χ1n) is 5.54. The second-order valence-corrected chi connectivity index (χ2v) is 4.73. The van der Waals surface area contributed by atoms with Crippen LogP contribution in [0.25, 0.3) is 0 Å². The van der Waals surface area contributed by atoms with E-state index in [-0.39, 0.29) is 6.04 Å². The third-order valence-electron chi connectivity index (χ3n) is 2.73. The Labute approximate surface area is 109 Å². The fourth-order valence-electron chi connectivity index (χ4n) is 1.80. The molecule has 0 saturated carbocycles. The minimum Gasteiger partial charge on any atom is -0.466 e. The molecule has 0 bridgehead atoms. The summed E-state index contributed by atoms with van der Waals surface area (Å²) in [5.74, 6) is 6.42. The molecule has 4 heteroatoms. The summed E-state index contributed by atoms with van der Waals surface area (Å²) in [5.41, 5.74) is 4.09. The molecule has 0 aliphatic heterocycles. The highest BCUT2D eigenvalue weighted by atomic mass is 79.9. The first-order valence-corrected chi connectivity index (χ1v) is 6.33. The zero-order chi connectivity index (χ0) is 12.1. The lowest BCUT2D eigenvalue weighted by Crippen LogP contribution is -2.28. The molecule has 1 aromatic carbocycles. The van der Waals surface area contributed by atoms with Crippen molar-refractivity contribution < 1.29 is 4.42 Å². The van der Waals surface area contributed by atoms with E-state index in [9.17, 15) is 0 Å². The molecule has 0 amide bonds. The minimum atomic E-state index is 0.0274. The van der Waals surface area contributed by atoms with Crippen molar-refractivity contribution in [2.45, 2.75) is 18.9 Å². The van der Waals surface area contributed by atoms with Crippen molar-refractivity contribution in [3.63, 3.8) is 0 Å². The molecule has 0 aliphatic carbocycles. The highest BCUT2D eigenvalue weighted by Crippen LogP contribution is 2.27. The van der Waals surface area contributed by atoms with Gasteiger partial charge in [0.2, 0.25) is 0 Å². The standard InChI is InChI=1S/C13H15BrN2O/c14-11-8-9-17-13(11)12(16-15)7-6-10-4-2-1-3-5-10/h1-5,8-9,12,16H,6-7,15H2. The Morgan fingerprint density at radius 3 is 2.59 bits per heavy atom. The van der Waals surface area contributed by atoms with Crippen molar-refractivity contribution in [3.05, 3.63) is 58.5 Å². The molecule has 1 heterocycles. The number of benzene rings is 1. The predicted octanol–water partition coefficient (Wildman–Crippen LogP) is 3.18. The van der Waals surface area contributed by atoms with Crippen LogP contribution in [0.1, 0.15) is 23.8 Å². The van der Waals surface area contributed by atoms with E-state index in [2.05, 4.69) is 33.5 Å². The fourth-order valence-corrected chi connectivity index (χ4v) is 2.28. The van der Waals surface area contributed by atoms with Crippen molar-refractivity contribution in [3.8, 4) is 0 Å². The Morgan fingerprint density at radius 1 is 1.24 bits per heavy atom. The zero-order valence-corrected chi connectivity index (χ0v) is 11.0. The number of furan rings is 1. The molecule has 2 rings (SSSR count). The first kappa shape index (κ1) is 12.4. The van der Waals surface area contributed by atoms with Gasteiger partial charge in [0.25, 0.3) is 0 Å². The molecule has 17 heavy (non-hydrogen) atoms. The third-order valence-corrected chi connectivity index (χ3v) is 3.38. The average molecular weight is 295 g/mol. The Bertz CT molecular complexity index is 455. The van der Waals surface area contributed by atoms with Gasteiger partial charge in [-0.25, -0.2) is 5.43 Å². The monoisotopic (exact) mass is 294 g/mol. The van der Waals surface area contributed by atoms with Crippen LogP contribution in [0, 0.1) is 0 Å². The van der Waals surface area contributed by atoms with E-state index >= 15 is 0 Å². The van der Waals surface area contributed by atoms with Crippen LogP contribution in [0.2, 0.25) is 0 Å². The predicted molar refractivity (Wildman–Crippen MR) is 71.2 cm³/mol. The van der Waals surface area contributed by atoms with Gasteiger partial charge in [0.1, 0.15) is 5.76 Å². The lowest BCUT2D eigenvalue weighted by atomic mass is 10.0. The van der Waals surface area contributed by atoms with Gasteiger partial charge < -0.3 is 4.42 Å². The maximum absolute atomic E-state index is 5.57. The van der Waals surface area contributed by atoms with Crippen molar-refractivity contribution in [1.29, 1.82) is 0 Å². The van der Waals surface area contributed by atoms with Gasteiger partial charge in [0.05, 0.1) is 16.8 Å². The van der Waals surface area contributed by atoms with Gasteiger partial charge >= 0.3 is 0 Å². The number of halogens is 1. The van der Waals surface area contributed by atoms with Gasteiger partial charge in [-0.2, -0.15) is 0 Å². The summed E-state index contributed by atoms with van der Waals surface area (Å²) in [6, 6.07) is 12.2. The number of aryl methyl sites for hydroxylation is 1. The lowest BCUT2D eigenvalue weighted by Gasteiger charge is -2.13. The number of hydrazine groups is 1. The van der Waals surface area contributed by atoms with Crippen LogP contribution >= 0.6 is 15.9 Å². The molecule has 0 aliphatic rings. The van der Waals surface area contributed by atoms with E-state index in [4.69, 9.17) is 10.3 Å². The molecular weight excluding hydrogens is 280 g/mol. The number of rotatable bonds is 5. The van der Waals surface area contributed by atoms with Crippen LogP contribution in [0.3, 0.4) is 0 Å². The van der Waals surface area contributed by atoms with Gasteiger partial charge in [-0.05, 0) is 40.4 Å². The molecule has 1 unspecified atom stereocenters. The molecule has 2 aromatic rings. The van der Waals surface area contributed by atoms with Gasteiger partial charge in [-0.1, -0.05) is 30.3 Å². The van der Waals surface area contributed by atoms with Crippen LogP contribution in [0.15, 0.2) is 51.6 Å². The summed E-state index contributed by atoms with van der Waals surface area (Å²) in [7, 11) is 0. The third kappa shape index (κ3) is 3.19. The molecule has 3 nitrogen and oxygen atoms in total. The van der Waals surface area contributed by atoms with E-state index in [1.807, 2.05) is 24.3 Å². The van der Waals surface area contributed by atoms with Crippen molar-refractivity contribution in [2.75, 3.05) is 0 Å². The first-order chi connectivity index (χ1) is 8.31. The van der Waals surface area contributed by atoms with Crippen LogP contribution < -0.4 is 11.3 Å². The smallest absolute Gasteiger partial charge is 0.136 e. The number of nitrogens with two attached hydrogens (primary N) is 1. The lowest BCUT2D eigenvalue weighted by molar-refractivity contribution is 0.399. The average Bonchev–Trinajstić information content (AvgIpc) is 2.78. The number of hydrogen-bond acceptors (Lipinski definition) is 3. The Balaban J connectivity index is 2.00. The number of hydrogen-bond donors (Lipinski definition) is 2. The SMILES string of the molecule is NNC(CCc1ccccc1)c1occc1Br. The molecule has 0 radical (unpaired) electrons. The number of nitrogens with one attached hydrogen (secondary N) is 1. The molecular formula is C13H15BrN2O. The van der Waals surface area contributed by atoms with Crippen LogP contribution in [-0.2, 0) is 6.42 Å². The topological polar surface area (TPSA) is 51.2 Å². The van der Waals surface area contributed by atoms with E-state index < -0.39 is 0 Å². The van der Waals surface area contributed by atoms with E-state index in [0.29, 0.717) is 0 Å². The minimum absolute atomic E-state index is 0.0274.